The van der Waals surface area contributed by atoms with Crippen LogP contribution in [0.5, 0.6) is 5.75 Å². The van der Waals surface area contributed by atoms with E-state index < -0.39 is 52.9 Å². The molecular weight excluding hydrogens is 502 g/mol. The van der Waals surface area contributed by atoms with Gasteiger partial charge in [0.05, 0.1) is 35.8 Å². The molecule has 0 saturated carbocycles. The van der Waals surface area contributed by atoms with Gasteiger partial charge in [-0.2, -0.15) is 0 Å². The molecule has 2 rings (SSSR count). The molecule has 12 heteroatoms. The van der Waals surface area contributed by atoms with E-state index in [1.165, 1.54) is 31.0 Å². The van der Waals surface area contributed by atoms with Crippen LogP contribution in [0.25, 0.3) is 0 Å². The Hall–Kier alpha value is -3.93. The number of carbonyl (C=O) groups excluding carboxylic acids is 3. The maximum atomic E-state index is 13.1. The number of carboxylic acid groups (broad SMARTS) is 1. The molecule has 4 N–H and O–H groups in total. The third-order valence-electron chi connectivity index (χ3n) is 5.32. The number of rotatable bonds is 14. The van der Waals surface area contributed by atoms with Crippen molar-refractivity contribution in [2.24, 2.45) is 5.92 Å². The smallest absolute Gasteiger partial charge is 0.317 e. The van der Waals surface area contributed by atoms with Gasteiger partial charge in [-0.3, -0.25) is 19.2 Å². The molecule has 2 atom stereocenters. The van der Waals surface area contributed by atoms with E-state index in [1.807, 2.05) is 30.3 Å². The highest BCUT2D eigenvalue weighted by molar-refractivity contribution is 7.99. The zero-order valence-electron chi connectivity index (χ0n) is 20.7. The number of methoxy groups -OCH3 is 1. The highest BCUT2D eigenvalue weighted by Gasteiger charge is 2.31. The average molecular weight is 533 g/mol. The first-order valence-electron chi connectivity index (χ1n) is 11.3. The van der Waals surface area contributed by atoms with Crippen LogP contribution < -0.4 is 15.4 Å². The zero-order chi connectivity index (χ0) is 27.5. The zero-order valence-corrected chi connectivity index (χ0v) is 21.5. The summed E-state index contributed by atoms with van der Waals surface area (Å²) < 4.78 is 5.14. The van der Waals surface area contributed by atoms with Crippen LogP contribution in [0.1, 0.15) is 36.2 Å². The Morgan fingerprint density at radius 2 is 1.73 bits per heavy atom. The topological polar surface area (TPSA) is 162 Å². The third-order valence-corrected chi connectivity index (χ3v) is 6.35. The fourth-order valence-electron chi connectivity index (χ4n) is 3.37. The molecule has 198 valence electrons. The number of Topliss-reactive ketones (excluding diaryl/α,β-unsaturated/α-hetero) is 1. The molecule has 0 fully saturated rings. The van der Waals surface area contributed by atoms with Gasteiger partial charge in [0.15, 0.2) is 5.78 Å². The number of nitrogens with zero attached hydrogens (tertiary/aromatic N) is 1. The highest BCUT2D eigenvalue weighted by atomic mass is 32.2. The van der Waals surface area contributed by atoms with Crippen molar-refractivity contribution in [3.63, 3.8) is 0 Å². The Morgan fingerprint density at radius 3 is 2.30 bits per heavy atom. The standard InChI is InChI=1S/C25H29N3O8S/c1-15(2)23(27-24(32)18-11-17(28(34)35)9-10-21(18)36-3)25(33)26-19(12-22(30)31)20(29)14-37-13-16-7-5-4-6-8-16/h4-11,15,19,23H,12-14H2,1-3H3,(H3-,26,27,30,31,32,33,34,35)/p+1/t19-,23-/m0/s1. The Bertz CT molecular complexity index is 1140. The summed E-state index contributed by atoms with van der Waals surface area (Å²) in [6, 6.07) is 10.7. The number of ketones is 1. The van der Waals surface area contributed by atoms with E-state index in [4.69, 9.17) is 9.94 Å². The quantitative estimate of drug-likeness (QED) is 0.268. The summed E-state index contributed by atoms with van der Waals surface area (Å²) in [5.41, 5.74) is 0.669. The van der Waals surface area contributed by atoms with E-state index in [0.717, 1.165) is 11.6 Å². The normalized spacial score (nSPS) is 12.3. The second kappa shape index (κ2) is 14.0. The number of benzene rings is 2. The fraction of sp³-hybridized carbons (Fsp3) is 0.360. The molecule has 0 heterocycles. The van der Waals surface area contributed by atoms with Gasteiger partial charge in [0, 0.05) is 17.9 Å². The number of aliphatic carboxylic acids is 1. The van der Waals surface area contributed by atoms with Gasteiger partial charge in [0.25, 0.3) is 10.8 Å². The molecule has 37 heavy (non-hydrogen) atoms. The first kappa shape index (κ1) is 29.3. The first-order chi connectivity index (χ1) is 17.5. The summed E-state index contributed by atoms with van der Waals surface area (Å²) in [5.74, 6) is -3.04. The average Bonchev–Trinajstić information content (AvgIpc) is 2.86. The van der Waals surface area contributed by atoms with Crippen LogP contribution in [0, 0.1) is 10.8 Å². The highest BCUT2D eigenvalue weighted by Crippen LogP contribution is 2.24. The summed E-state index contributed by atoms with van der Waals surface area (Å²) in [4.78, 5) is 61.0. The van der Waals surface area contributed by atoms with E-state index in [2.05, 4.69) is 10.6 Å². The Morgan fingerprint density at radius 1 is 1.05 bits per heavy atom. The SMILES string of the molecule is COc1ccc([N+](=O)O)cc1C(=O)N[C@H](C(=O)N[C@@H](CC(=O)O)C(=O)CSCc1ccccc1)C(C)C. The van der Waals surface area contributed by atoms with Crippen LogP contribution in [0.4, 0.5) is 5.69 Å². The minimum absolute atomic E-state index is 0.0112. The van der Waals surface area contributed by atoms with Gasteiger partial charge in [-0.1, -0.05) is 44.2 Å². The van der Waals surface area contributed by atoms with Crippen molar-refractivity contribution in [3.8, 4) is 5.75 Å². The van der Waals surface area contributed by atoms with Gasteiger partial charge in [-0.25, -0.2) is 5.21 Å². The van der Waals surface area contributed by atoms with Gasteiger partial charge in [-0.15, -0.1) is 11.8 Å². The minimum atomic E-state index is -1.28. The maximum absolute atomic E-state index is 13.1. The van der Waals surface area contributed by atoms with Crippen molar-refractivity contribution in [2.75, 3.05) is 12.9 Å². The second-order valence-corrected chi connectivity index (χ2v) is 9.44. The second-order valence-electron chi connectivity index (χ2n) is 8.46. The number of carbonyl (C=O) groups is 4. The molecular formula is C25H30N3O8S+. The molecule has 2 aromatic rings. The van der Waals surface area contributed by atoms with E-state index in [-0.39, 0.29) is 22.8 Å². The molecule has 0 unspecified atom stereocenters. The number of amides is 2. The molecule has 0 saturated heterocycles. The summed E-state index contributed by atoms with van der Waals surface area (Å²) >= 11 is 1.30. The molecule has 0 aromatic heterocycles. The lowest BCUT2D eigenvalue weighted by Gasteiger charge is -2.25. The Balaban J connectivity index is 2.13. The minimum Gasteiger partial charge on any atom is -0.496 e. The molecule has 0 radical (unpaired) electrons. The van der Waals surface area contributed by atoms with Gasteiger partial charge < -0.3 is 20.5 Å². The fourth-order valence-corrected chi connectivity index (χ4v) is 4.30. The molecule has 2 amide bonds. The molecule has 11 nitrogen and oxygen atoms in total. The van der Waals surface area contributed by atoms with Crippen LogP contribution >= 0.6 is 11.8 Å². The predicted octanol–water partition coefficient (Wildman–Crippen LogP) is 2.71. The summed E-state index contributed by atoms with van der Waals surface area (Å²) in [6.07, 6.45) is -0.610. The van der Waals surface area contributed by atoms with Crippen LogP contribution in [0.3, 0.4) is 0 Å². The van der Waals surface area contributed by atoms with Gasteiger partial charge in [0.2, 0.25) is 5.91 Å². The van der Waals surface area contributed by atoms with Crippen LogP contribution in [-0.4, -0.2) is 63.8 Å². The van der Waals surface area contributed by atoms with Gasteiger partial charge >= 0.3 is 11.7 Å². The van der Waals surface area contributed by atoms with Crippen LogP contribution in [0.2, 0.25) is 0 Å². The number of ether oxygens (including phenoxy) is 1. The molecule has 0 aliphatic heterocycles. The van der Waals surface area contributed by atoms with E-state index >= 15 is 0 Å². The lowest BCUT2D eigenvalue weighted by molar-refractivity contribution is -0.729. The third kappa shape index (κ3) is 8.90. The van der Waals surface area contributed by atoms with Crippen LogP contribution in [-0.2, 0) is 20.1 Å². The van der Waals surface area contributed by atoms with Crippen molar-refractivity contribution in [1.29, 1.82) is 0 Å². The van der Waals surface area contributed by atoms with Crippen molar-refractivity contribution >= 4 is 41.0 Å². The lowest BCUT2D eigenvalue weighted by Crippen LogP contribution is -2.54. The van der Waals surface area contributed by atoms with Crippen molar-refractivity contribution < 1.29 is 39.2 Å². The van der Waals surface area contributed by atoms with Crippen molar-refractivity contribution in [2.45, 2.75) is 38.1 Å². The number of hydrogen-bond donors (Lipinski definition) is 4. The van der Waals surface area contributed by atoms with E-state index in [1.54, 1.807) is 13.8 Å². The number of hydrogen-bond acceptors (Lipinski definition) is 7. The summed E-state index contributed by atoms with van der Waals surface area (Å²) in [6.45, 7) is 3.32. The van der Waals surface area contributed by atoms with Gasteiger partial charge in [0.1, 0.15) is 11.8 Å². The largest absolute Gasteiger partial charge is 0.496 e. The maximum Gasteiger partial charge on any atom is 0.317 e. The number of carboxylic acids is 1. The number of nitrogens with one attached hydrogen (secondary N) is 2. The summed E-state index contributed by atoms with van der Waals surface area (Å²) in [5, 5.41) is 23.4. The van der Waals surface area contributed by atoms with Crippen molar-refractivity contribution in [3.05, 3.63) is 64.6 Å². The first-order valence-corrected chi connectivity index (χ1v) is 12.5. The Labute approximate surface area is 218 Å². The van der Waals surface area contributed by atoms with E-state index in [0.29, 0.717) is 5.75 Å². The van der Waals surface area contributed by atoms with Gasteiger partial charge in [-0.05, 0) is 17.5 Å². The molecule has 0 bridgehead atoms. The number of thioether (sulfide) groups is 1. The van der Waals surface area contributed by atoms with E-state index in [9.17, 15) is 29.2 Å². The monoisotopic (exact) mass is 532 g/mol. The lowest BCUT2D eigenvalue weighted by atomic mass is 10.0. The predicted molar refractivity (Wildman–Crippen MR) is 136 cm³/mol. The Kier molecular flexibility index (Phi) is 11.1. The molecule has 0 aliphatic rings. The van der Waals surface area contributed by atoms with Crippen molar-refractivity contribution in [1.82, 2.24) is 10.6 Å². The summed E-state index contributed by atoms with van der Waals surface area (Å²) in [7, 11) is 1.31. The van der Waals surface area contributed by atoms with Crippen LogP contribution in [0.15, 0.2) is 48.5 Å². The molecule has 0 aliphatic carbocycles. The molecule has 0 spiro atoms. The molecule has 2 aromatic carbocycles.